The molecule has 0 unspecified atom stereocenters. The molecule has 3 N–H and O–H groups in total. The van der Waals surface area contributed by atoms with Gasteiger partial charge in [-0.05, 0) is 30.7 Å². The molecule has 8 nitrogen and oxygen atoms in total. The van der Waals surface area contributed by atoms with Gasteiger partial charge in [0, 0.05) is 16.6 Å². The molecule has 0 spiro atoms. The predicted octanol–water partition coefficient (Wildman–Crippen LogP) is 3.24. The van der Waals surface area contributed by atoms with Crippen LogP contribution in [0.25, 0.3) is 22.1 Å². The second-order valence-electron chi connectivity index (χ2n) is 6.13. The van der Waals surface area contributed by atoms with Crippen LogP contribution in [0, 0.1) is 6.92 Å². The van der Waals surface area contributed by atoms with Crippen LogP contribution in [0.4, 0.5) is 5.69 Å². The topological polar surface area (TPSA) is 121 Å². The third-order valence-corrected chi connectivity index (χ3v) is 5.03. The van der Waals surface area contributed by atoms with E-state index in [4.69, 9.17) is 5.11 Å². The van der Waals surface area contributed by atoms with Crippen LogP contribution in [0.1, 0.15) is 15.9 Å². The number of carbonyl (C=O) groups is 2. The van der Waals surface area contributed by atoms with Crippen LogP contribution in [0.2, 0.25) is 0 Å². The number of aromatic amines is 1. The summed E-state index contributed by atoms with van der Waals surface area (Å²) in [7, 11) is 0. The van der Waals surface area contributed by atoms with Gasteiger partial charge in [-0.3, -0.25) is 4.79 Å². The molecule has 2 aromatic carbocycles. The molecule has 1 amide bonds. The van der Waals surface area contributed by atoms with Gasteiger partial charge in [-0.25, -0.2) is 9.78 Å². The van der Waals surface area contributed by atoms with Gasteiger partial charge in [-0.2, -0.15) is 0 Å². The molecule has 0 fully saturated rings. The minimum absolute atomic E-state index is 0.0736. The summed E-state index contributed by atoms with van der Waals surface area (Å²) >= 11 is 1.16. The zero-order valence-electron chi connectivity index (χ0n) is 14.8. The number of para-hydroxylation sites is 1. The Hall–Kier alpha value is -3.46. The van der Waals surface area contributed by atoms with E-state index in [0.29, 0.717) is 22.0 Å². The number of fused-ring (bicyclic) bond motifs is 3. The van der Waals surface area contributed by atoms with E-state index in [-0.39, 0.29) is 17.2 Å². The number of anilines is 1. The minimum Gasteiger partial charge on any atom is -0.478 e. The number of hydrogen-bond donors (Lipinski definition) is 3. The lowest BCUT2D eigenvalue weighted by Crippen LogP contribution is -2.15. The maximum atomic E-state index is 12.3. The van der Waals surface area contributed by atoms with Gasteiger partial charge in [0.1, 0.15) is 5.52 Å². The van der Waals surface area contributed by atoms with Crippen molar-refractivity contribution < 1.29 is 14.7 Å². The number of aryl methyl sites for hydroxylation is 1. The zero-order chi connectivity index (χ0) is 19.7. The van der Waals surface area contributed by atoms with Gasteiger partial charge < -0.3 is 15.4 Å². The molecule has 140 valence electrons. The molecule has 9 heteroatoms. The summed E-state index contributed by atoms with van der Waals surface area (Å²) in [6, 6.07) is 12.3. The number of nitrogens with zero attached hydrogens (tertiary/aromatic N) is 3. The normalized spacial score (nSPS) is 11.0. The predicted molar refractivity (Wildman–Crippen MR) is 107 cm³/mol. The van der Waals surface area contributed by atoms with Gasteiger partial charge in [-0.1, -0.05) is 36.0 Å². The van der Waals surface area contributed by atoms with Crippen molar-refractivity contribution in [3.8, 4) is 0 Å². The van der Waals surface area contributed by atoms with Gasteiger partial charge in [0.15, 0.2) is 5.65 Å². The van der Waals surface area contributed by atoms with E-state index in [2.05, 4.69) is 25.5 Å². The highest BCUT2D eigenvalue weighted by molar-refractivity contribution is 7.99. The molecule has 0 aliphatic rings. The highest BCUT2D eigenvalue weighted by Gasteiger charge is 2.12. The summed E-state index contributed by atoms with van der Waals surface area (Å²) in [5, 5.41) is 21.4. The average molecular weight is 393 g/mol. The number of amides is 1. The number of aromatic carboxylic acids is 1. The number of thioether (sulfide) groups is 1. The lowest BCUT2D eigenvalue weighted by Gasteiger charge is -2.09. The molecule has 4 rings (SSSR count). The third kappa shape index (κ3) is 3.52. The Labute approximate surface area is 163 Å². The van der Waals surface area contributed by atoms with Crippen molar-refractivity contribution in [2.24, 2.45) is 0 Å². The van der Waals surface area contributed by atoms with Crippen LogP contribution >= 0.6 is 11.8 Å². The first-order valence-corrected chi connectivity index (χ1v) is 9.37. The highest BCUT2D eigenvalue weighted by Crippen LogP contribution is 2.23. The van der Waals surface area contributed by atoms with E-state index in [1.165, 1.54) is 12.1 Å². The smallest absolute Gasteiger partial charge is 0.335 e. The van der Waals surface area contributed by atoms with E-state index >= 15 is 0 Å². The van der Waals surface area contributed by atoms with Crippen molar-refractivity contribution in [1.82, 2.24) is 20.2 Å². The molecular formula is C19H15N5O3S. The maximum Gasteiger partial charge on any atom is 0.335 e. The van der Waals surface area contributed by atoms with E-state index in [1.54, 1.807) is 13.0 Å². The van der Waals surface area contributed by atoms with E-state index < -0.39 is 5.97 Å². The summed E-state index contributed by atoms with van der Waals surface area (Å²) in [6.45, 7) is 1.80. The number of carboxylic acids is 1. The van der Waals surface area contributed by atoms with Crippen LogP contribution < -0.4 is 5.32 Å². The van der Waals surface area contributed by atoms with Crippen molar-refractivity contribution in [1.29, 1.82) is 0 Å². The second kappa shape index (κ2) is 7.28. The van der Waals surface area contributed by atoms with Crippen LogP contribution in [-0.2, 0) is 4.79 Å². The Morgan fingerprint density at radius 2 is 2.00 bits per heavy atom. The first-order chi connectivity index (χ1) is 13.5. The Kier molecular flexibility index (Phi) is 4.66. The number of hydrogen-bond acceptors (Lipinski definition) is 6. The van der Waals surface area contributed by atoms with E-state index in [0.717, 1.165) is 28.2 Å². The highest BCUT2D eigenvalue weighted by atomic mass is 32.2. The van der Waals surface area contributed by atoms with E-state index in [1.807, 2.05) is 24.3 Å². The lowest BCUT2D eigenvalue weighted by atomic mass is 10.1. The standard InChI is InChI=1S/C19H15N5O3S/c1-10-6-7-11(18(26)27)8-14(10)20-15(25)9-28-19-22-17-16(23-24-19)12-4-2-3-5-13(12)21-17/h2-8H,9H2,1H3,(H,20,25)(H,26,27)(H,21,22,24). The van der Waals surface area contributed by atoms with Crippen LogP contribution in [0.5, 0.6) is 0 Å². The largest absolute Gasteiger partial charge is 0.478 e. The number of benzene rings is 2. The van der Waals surface area contributed by atoms with Gasteiger partial charge in [0.05, 0.1) is 11.3 Å². The Bertz CT molecular complexity index is 1220. The van der Waals surface area contributed by atoms with Crippen molar-refractivity contribution in [2.45, 2.75) is 12.1 Å². The van der Waals surface area contributed by atoms with Gasteiger partial charge in [0.25, 0.3) is 0 Å². The first kappa shape index (κ1) is 17.9. The quantitative estimate of drug-likeness (QED) is 0.445. The summed E-state index contributed by atoms with van der Waals surface area (Å²) in [5.41, 5.74) is 3.59. The summed E-state index contributed by atoms with van der Waals surface area (Å²) in [6.07, 6.45) is 0. The van der Waals surface area contributed by atoms with Crippen molar-refractivity contribution in [3.63, 3.8) is 0 Å². The van der Waals surface area contributed by atoms with Crippen LogP contribution in [-0.4, -0.2) is 42.9 Å². The fourth-order valence-electron chi connectivity index (χ4n) is 2.77. The van der Waals surface area contributed by atoms with Gasteiger partial charge in [-0.15, -0.1) is 10.2 Å². The fourth-order valence-corrected chi connectivity index (χ4v) is 3.36. The molecule has 2 heterocycles. The monoisotopic (exact) mass is 393 g/mol. The molecule has 0 radical (unpaired) electrons. The Morgan fingerprint density at radius 3 is 2.82 bits per heavy atom. The molecule has 0 aliphatic carbocycles. The number of aromatic nitrogens is 4. The molecule has 0 saturated heterocycles. The zero-order valence-corrected chi connectivity index (χ0v) is 15.6. The molecule has 2 aromatic heterocycles. The fraction of sp³-hybridized carbons (Fsp3) is 0.105. The Morgan fingerprint density at radius 1 is 1.18 bits per heavy atom. The van der Waals surface area contributed by atoms with E-state index in [9.17, 15) is 9.59 Å². The summed E-state index contributed by atoms with van der Waals surface area (Å²) in [5.74, 6) is -1.25. The number of carboxylic acid groups (broad SMARTS) is 1. The molecule has 0 atom stereocenters. The minimum atomic E-state index is -1.05. The SMILES string of the molecule is Cc1ccc(C(=O)O)cc1NC(=O)CSc1nnc2c(n1)[nH]c1ccccc12. The average Bonchev–Trinajstić information content (AvgIpc) is 3.05. The summed E-state index contributed by atoms with van der Waals surface area (Å²) in [4.78, 5) is 31.0. The van der Waals surface area contributed by atoms with Crippen molar-refractivity contribution in [3.05, 3.63) is 53.6 Å². The van der Waals surface area contributed by atoms with Crippen LogP contribution in [0.15, 0.2) is 47.6 Å². The molecule has 0 saturated carbocycles. The number of carbonyl (C=O) groups excluding carboxylic acids is 1. The van der Waals surface area contributed by atoms with Crippen molar-refractivity contribution >= 4 is 51.4 Å². The molecule has 0 bridgehead atoms. The molecule has 28 heavy (non-hydrogen) atoms. The summed E-state index contributed by atoms with van der Waals surface area (Å²) < 4.78 is 0. The third-order valence-electron chi connectivity index (χ3n) is 4.19. The molecule has 4 aromatic rings. The lowest BCUT2D eigenvalue weighted by molar-refractivity contribution is -0.113. The number of rotatable bonds is 5. The Balaban J connectivity index is 1.47. The number of H-pyrrole nitrogens is 1. The first-order valence-electron chi connectivity index (χ1n) is 8.39. The van der Waals surface area contributed by atoms with Gasteiger partial charge in [0.2, 0.25) is 11.1 Å². The van der Waals surface area contributed by atoms with Crippen LogP contribution in [0.3, 0.4) is 0 Å². The maximum absolute atomic E-state index is 12.3. The number of nitrogens with one attached hydrogen (secondary N) is 2. The van der Waals surface area contributed by atoms with Crippen molar-refractivity contribution in [2.75, 3.05) is 11.1 Å². The van der Waals surface area contributed by atoms with Gasteiger partial charge >= 0.3 is 5.97 Å². The second-order valence-corrected chi connectivity index (χ2v) is 7.08. The molecular weight excluding hydrogens is 378 g/mol. The molecule has 0 aliphatic heterocycles.